The summed E-state index contributed by atoms with van der Waals surface area (Å²) in [6.07, 6.45) is 0.0205. The first kappa shape index (κ1) is 12.7. The van der Waals surface area contributed by atoms with E-state index < -0.39 is 5.97 Å². The number of nitrogen functional groups attached to an aromatic ring is 1. The van der Waals surface area contributed by atoms with E-state index in [-0.39, 0.29) is 6.42 Å². The molecule has 0 atom stereocenters. The van der Waals surface area contributed by atoms with E-state index in [1.54, 1.807) is 6.07 Å². The van der Waals surface area contributed by atoms with Gasteiger partial charge < -0.3 is 20.6 Å². The average molecular weight is 249 g/mol. The number of anilines is 2. The van der Waals surface area contributed by atoms with Crippen LogP contribution in [0.3, 0.4) is 0 Å². The topological polar surface area (TPSA) is 69.8 Å². The minimum absolute atomic E-state index is 0.0205. The highest BCUT2D eigenvalue weighted by atomic mass is 16.4. The van der Waals surface area contributed by atoms with Gasteiger partial charge in [0, 0.05) is 37.6 Å². The van der Waals surface area contributed by atoms with Crippen LogP contribution in [0.1, 0.15) is 5.56 Å². The van der Waals surface area contributed by atoms with Gasteiger partial charge in [-0.3, -0.25) is 4.79 Å². The second-order valence-corrected chi connectivity index (χ2v) is 4.75. The third-order valence-electron chi connectivity index (χ3n) is 3.29. The molecule has 1 fully saturated rings. The maximum atomic E-state index is 10.9. The van der Waals surface area contributed by atoms with E-state index in [4.69, 9.17) is 10.8 Å². The lowest BCUT2D eigenvalue weighted by Crippen LogP contribution is -2.44. The molecule has 1 aliphatic heterocycles. The molecule has 0 amide bonds. The third kappa shape index (κ3) is 2.92. The summed E-state index contributed by atoms with van der Waals surface area (Å²) in [6, 6.07) is 5.53. The van der Waals surface area contributed by atoms with Crippen molar-refractivity contribution >= 4 is 17.3 Å². The number of carboxylic acids is 1. The van der Waals surface area contributed by atoms with Crippen molar-refractivity contribution in [3.05, 3.63) is 23.8 Å². The lowest BCUT2D eigenvalue weighted by Gasteiger charge is -2.35. The summed E-state index contributed by atoms with van der Waals surface area (Å²) in [5, 5.41) is 8.96. The second kappa shape index (κ2) is 5.27. The molecule has 1 aromatic carbocycles. The molecule has 5 heteroatoms. The predicted molar refractivity (Wildman–Crippen MR) is 71.9 cm³/mol. The lowest BCUT2D eigenvalue weighted by molar-refractivity contribution is -0.136. The number of benzene rings is 1. The minimum Gasteiger partial charge on any atom is -0.481 e. The van der Waals surface area contributed by atoms with E-state index in [0.29, 0.717) is 5.69 Å². The zero-order chi connectivity index (χ0) is 13.1. The number of nitrogens with two attached hydrogens (primary N) is 1. The molecule has 0 bridgehead atoms. The van der Waals surface area contributed by atoms with Crippen molar-refractivity contribution in [3.8, 4) is 0 Å². The largest absolute Gasteiger partial charge is 0.481 e. The van der Waals surface area contributed by atoms with Crippen LogP contribution in [0.5, 0.6) is 0 Å². The van der Waals surface area contributed by atoms with Gasteiger partial charge in [0.25, 0.3) is 0 Å². The van der Waals surface area contributed by atoms with Crippen LogP contribution in [0.25, 0.3) is 0 Å². The minimum atomic E-state index is -0.823. The van der Waals surface area contributed by atoms with E-state index in [1.165, 1.54) is 0 Å². The fourth-order valence-corrected chi connectivity index (χ4v) is 2.27. The van der Waals surface area contributed by atoms with Crippen LogP contribution >= 0.6 is 0 Å². The average Bonchev–Trinajstić information content (AvgIpc) is 2.30. The Hall–Kier alpha value is -1.75. The molecule has 0 saturated carbocycles. The first-order valence-corrected chi connectivity index (χ1v) is 6.10. The molecule has 1 heterocycles. The summed E-state index contributed by atoms with van der Waals surface area (Å²) in [7, 11) is 2.10. The molecule has 5 nitrogen and oxygen atoms in total. The van der Waals surface area contributed by atoms with Gasteiger partial charge in [-0.1, -0.05) is 0 Å². The van der Waals surface area contributed by atoms with Crippen LogP contribution < -0.4 is 10.6 Å². The summed E-state index contributed by atoms with van der Waals surface area (Å²) >= 11 is 0. The second-order valence-electron chi connectivity index (χ2n) is 4.75. The monoisotopic (exact) mass is 249 g/mol. The highest BCUT2D eigenvalue weighted by Crippen LogP contribution is 2.24. The van der Waals surface area contributed by atoms with Crippen LogP contribution in [-0.4, -0.2) is 49.2 Å². The number of hydrogen-bond donors (Lipinski definition) is 2. The fourth-order valence-electron chi connectivity index (χ4n) is 2.27. The van der Waals surface area contributed by atoms with Gasteiger partial charge in [0.15, 0.2) is 0 Å². The Morgan fingerprint density at radius 3 is 2.61 bits per heavy atom. The SMILES string of the molecule is CN1CCN(c2ccc(N)cc2CC(=O)O)CC1. The molecule has 1 aliphatic rings. The molecule has 0 aliphatic carbocycles. The Kier molecular flexibility index (Phi) is 3.72. The van der Waals surface area contributed by atoms with E-state index in [1.807, 2.05) is 12.1 Å². The zero-order valence-corrected chi connectivity index (χ0v) is 10.6. The first-order valence-electron chi connectivity index (χ1n) is 6.10. The molecule has 1 aromatic rings. The number of rotatable bonds is 3. The highest BCUT2D eigenvalue weighted by molar-refractivity contribution is 5.75. The van der Waals surface area contributed by atoms with E-state index in [0.717, 1.165) is 37.4 Å². The van der Waals surface area contributed by atoms with Gasteiger partial charge in [0.05, 0.1) is 6.42 Å². The quantitative estimate of drug-likeness (QED) is 0.770. The Balaban J connectivity index is 2.23. The van der Waals surface area contributed by atoms with Crippen molar-refractivity contribution < 1.29 is 9.90 Å². The fraction of sp³-hybridized carbons (Fsp3) is 0.462. The van der Waals surface area contributed by atoms with Gasteiger partial charge in [-0.2, -0.15) is 0 Å². The summed E-state index contributed by atoms with van der Waals surface area (Å²) in [5.74, 6) is -0.823. The van der Waals surface area contributed by atoms with Crippen LogP contribution in [-0.2, 0) is 11.2 Å². The molecule has 3 N–H and O–H groups in total. The van der Waals surface area contributed by atoms with Gasteiger partial charge in [-0.25, -0.2) is 0 Å². The first-order chi connectivity index (χ1) is 8.56. The summed E-state index contributed by atoms with van der Waals surface area (Å²) in [5.41, 5.74) is 8.15. The maximum absolute atomic E-state index is 10.9. The molecule has 0 spiro atoms. The van der Waals surface area contributed by atoms with Gasteiger partial charge in [0.1, 0.15) is 0 Å². The molecular weight excluding hydrogens is 230 g/mol. The zero-order valence-electron chi connectivity index (χ0n) is 10.6. The number of likely N-dealkylation sites (N-methyl/N-ethyl adjacent to an activating group) is 1. The van der Waals surface area contributed by atoms with Gasteiger partial charge in [-0.05, 0) is 30.8 Å². The molecule has 18 heavy (non-hydrogen) atoms. The van der Waals surface area contributed by atoms with E-state index in [2.05, 4.69) is 16.8 Å². The number of piperazine rings is 1. The Morgan fingerprint density at radius 1 is 1.33 bits per heavy atom. The van der Waals surface area contributed by atoms with Gasteiger partial charge in [-0.15, -0.1) is 0 Å². The Bertz CT molecular complexity index is 440. The van der Waals surface area contributed by atoms with Crippen molar-refractivity contribution in [2.75, 3.05) is 43.9 Å². The van der Waals surface area contributed by atoms with Crippen LogP contribution in [0.4, 0.5) is 11.4 Å². The molecule has 1 saturated heterocycles. The van der Waals surface area contributed by atoms with E-state index in [9.17, 15) is 4.79 Å². The molecule has 0 aromatic heterocycles. The number of carbonyl (C=O) groups is 1. The van der Waals surface area contributed by atoms with Crippen molar-refractivity contribution in [2.45, 2.75) is 6.42 Å². The summed E-state index contributed by atoms with van der Waals surface area (Å²) in [4.78, 5) is 15.4. The number of carboxylic acid groups (broad SMARTS) is 1. The summed E-state index contributed by atoms with van der Waals surface area (Å²) in [6.45, 7) is 3.84. The molecular formula is C13H19N3O2. The normalized spacial score (nSPS) is 16.8. The molecule has 98 valence electrons. The molecule has 0 unspecified atom stereocenters. The predicted octanol–water partition coefficient (Wildman–Crippen LogP) is 0.648. The van der Waals surface area contributed by atoms with Crippen LogP contribution in [0, 0.1) is 0 Å². The van der Waals surface area contributed by atoms with Crippen LogP contribution in [0.15, 0.2) is 18.2 Å². The summed E-state index contributed by atoms with van der Waals surface area (Å²) < 4.78 is 0. The van der Waals surface area contributed by atoms with E-state index >= 15 is 0 Å². The maximum Gasteiger partial charge on any atom is 0.307 e. The Labute approximate surface area is 107 Å². The van der Waals surface area contributed by atoms with Crippen LogP contribution in [0.2, 0.25) is 0 Å². The Morgan fingerprint density at radius 2 is 2.00 bits per heavy atom. The molecule has 0 radical (unpaired) electrons. The van der Waals surface area contributed by atoms with Crippen molar-refractivity contribution in [1.29, 1.82) is 0 Å². The highest BCUT2D eigenvalue weighted by Gasteiger charge is 2.18. The van der Waals surface area contributed by atoms with Crippen molar-refractivity contribution in [1.82, 2.24) is 4.90 Å². The third-order valence-corrected chi connectivity index (χ3v) is 3.29. The number of aliphatic carboxylic acids is 1. The van der Waals surface area contributed by atoms with Crippen molar-refractivity contribution in [3.63, 3.8) is 0 Å². The lowest BCUT2D eigenvalue weighted by atomic mass is 10.1. The van der Waals surface area contributed by atoms with Gasteiger partial charge >= 0.3 is 5.97 Å². The number of nitrogens with zero attached hydrogens (tertiary/aromatic N) is 2. The standard InChI is InChI=1S/C13H19N3O2/c1-15-4-6-16(7-5-15)12-3-2-11(14)8-10(12)9-13(17)18/h2-3,8H,4-7,9,14H2,1H3,(H,17,18). The van der Waals surface area contributed by atoms with Gasteiger partial charge in [0.2, 0.25) is 0 Å². The van der Waals surface area contributed by atoms with Crippen molar-refractivity contribution in [2.24, 2.45) is 0 Å². The molecule has 2 rings (SSSR count). The number of hydrogen-bond acceptors (Lipinski definition) is 4. The smallest absolute Gasteiger partial charge is 0.307 e.